The van der Waals surface area contributed by atoms with Crippen LogP contribution < -0.4 is 0 Å². The second-order valence-corrected chi connectivity index (χ2v) is 7.57. The van der Waals surface area contributed by atoms with Gasteiger partial charge in [0.05, 0.1) is 5.69 Å². The summed E-state index contributed by atoms with van der Waals surface area (Å²) in [5.41, 5.74) is -0.0461. The molecule has 0 aromatic carbocycles. The summed E-state index contributed by atoms with van der Waals surface area (Å²) in [7, 11) is -2.26. The third-order valence-electron chi connectivity index (χ3n) is 1.86. The zero-order valence-electron chi connectivity index (χ0n) is 10.2. The Morgan fingerprint density at radius 2 is 1.88 bits per heavy atom. The van der Waals surface area contributed by atoms with Crippen molar-refractivity contribution >= 4 is 15.5 Å². The molecule has 3 nitrogen and oxygen atoms in total. The monoisotopic (exact) mass is 244 g/mol. The zero-order chi connectivity index (χ0) is 12.6. The minimum absolute atomic E-state index is 0.321. The SMILES string of the molecule is CC(C)(C)c1nc(N=S(C)(C)=O)ccc1F. The van der Waals surface area contributed by atoms with Gasteiger partial charge in [-0.25, -0.2) is 13.6 Å². The van der Waals surface area contributed by atoms with Crippen LogP contribution in [0, 0.1) is 5.82 Å². The summed E-state index contributed by atoms with van der Waals surface area (Å²) < 4.78 is 29.0. The molecular weight excluding hydrogens is 227 g/mol. The molecule has 5 heteroatoms. The topological polar surface area (TPSA) is 42.3 Å². The summed E-state index contributed by atoms with van der Waals surface area (Å²) in [6, 6.07) is 2.76. The van der Waals surface area contributed by atoms with Crippen molar-refractivity contribution in [3.8, 4) is 0 Å². The number of nitrogens with zero attached hydrogens (tertiary/aromatic N) is 2. The summed E-state index contributed by atoms with van der Waals surface area (Å²) in [6.07, 6.45) is 3.05. The van der Waals surface area contributed by atoms with Gasteiger partial charge in [0.1, 0.15) is 5.82 Å². The van der Waals surface area contributed by atoms with Gasteiger partial charge in [-0.2, -0.15) is 4.36 Å². The van der Waals surface area contributed by atoms with Gasteiger partial charge in [0.15, 0.2) is 5.82 Å². The average Bonchev–Trinajstić information content (AvgIpc) is 2.04. The molecule has 0 radical (unpaired) electrons. The van der Waals surface area contributed by atoms with E-state index in [1.807, 2.05) is 20.8 Å². The smallest absolute Gasteiger partial charge is 0.161 e. The molecule has 0 saturated carbocycles. The van der Waals surface area contributed by atoms with Crippen LogP contribution in [0.15, 0.2) is 16.5 Å². The third-order valence-corrected chi connectivity index (χ3v) is 2.48. The molecule has 1 rings (SSSR count). The zero-order valence-corrected chi connectivity index (χ0v) is 11.1. The van der Waals surface area contributed by atoms with E-state index in [1.165, 1.54) is 24.6 Å². The van der Waals surface area contributed by atoms with Gasteiger partial charge in [-0.05, 0) is 12.1 Å². The van der Waals surface area contributed by atoms with Crippen molar-refractivity contribution < 1.29 is 8.60 Å². The van der Waals surface area contributed by atoms with Crippen LogP contribution in [0.3, 0.4) is 0 Å². The molecule has 0 atom stereocenters. The molecule has 0 unspecified atom stereocenters. The van der Waals surface area contributed by atoms with Gasteiger partial charge in [-0.1, -0.05) is 20.8 Å². The first kappa shape index (κ1) is 13.1. The van der Waals surface area contributed by atoms with Gasteiger partial charge in [0.2, 0.25) is 0 Å². The Morgan fingerprint density at radius 3 is 2.31 bits per heavy atom. The number of pyridine rings is 1. The predicted octanol–water partition coefficient (Wildman–Crippen LogP) is 2.88. The molecule has 0 aliphatic carbocycles. The van der Waals surface area contributed by atoms with E-state index in [2.05, 4.69) is 9.35 Å². The lowest BCUT2D eigenvalue weighted by molar-refractivity contribution is 0.503. The van der Waals surface area contributed by atoms with Gasteiger partial charge < -0.3 is 0 Å². The number of hydrogen-bond acceptors (Lipinski definition) is 3. The quantitative estimate of drug-likeness (QED) is 0.762. The molecule has 0 amide bonds. The first-order chi connectivity index (χ1) is 7.09. The summed E-state index contributed by atoms with van der Waals surface area (Å²) in [5.74, 6) is -0.0357. The lowest BCUT2D eigenvalue weighted by atomic mass is 9.91. The Kier molecular flexibility index (Phi) is 3.38. The first-order valence-corrected chi connectivity index (χ1v) is 7.27. The highest BCUT2D eigenvalue weighted by molar-refractivity contribution is 7.92. The van der Waals surface area contributed by atoms with E-state index in [9.17, 15) is 8.60 Å². The Hall–Kier alpha value is -0.970. The van der Waals surface area contributed by atoms with Crippen molar-refractivity contribution in [3.63, 3.8) is 0 Å². The van der Waals surface area contributed by atoms with Gasteiger partial charge in [-0.15, -0.1) is 0 Å². The van der Waals surface area contributed by atoms with Crippen molar-refractivity contribution in [2.75, 3.05) is 12.5 Å². The maximum absolute atomic E-state index is 13.5. The molecule has 1 heterocycles. The van der Waals surface area contributed by atoms with Crippen molar-refractivity contribution in [1.29, 1.82) is 0 Å². The van der Waals surface area contributed by atoms with Crippen LogP contribution in [0.4, 0.5) is 10.2 Å². The number of halogens is 1. The fourth-order valence-electron chi connectivity index (χ4n) is 1.23. The van der Waals surface area contributed by atoms with Crippen LogP contribution in [-0.2, 0) is 15.1 Å². The molecule has 0 aliphatic heterocycles. The van der Waals surface area contributed by atoms with Crippen LogP contribution in [0.2, 0.25) is 0 Å². The fraction of sp³-hybridized carbons (Fsp3) is 0.545. The maximum atomic E-state index is 13.5. The molecule has 0 spiro atoms. The van der Waals surface area contributed by atoms with Crippen LogP contribution in [0.1, 0.15) is 26.5 Å². The summed E-state index contributed by atoms with van der Waals surface area (Å²) in [5, 5.41) is 0. The molecule has 1 aromatic heterocycles. The molecule has 90 valence electrons. The second-order valence-electron chi connectivity index (χ2n) is 5.02. The van der Waals surface area contributed by atoms with E-state index in [1.54, 1.807) is 0 Å². The van der Waals surface area contributed by atoms with Gasteiger partial charge in [0, 0.05) is 27.7 Å². The Bertz CT molecular complexity index is 503. The van der Waals surface area contributed by atoms with Crippen molar-refractivity contribution in [1.82, 2.24) is 4.98 Å². The van der Waals surface area contributed by atoms with E-state index in [0.717, 1.165) is 0 Å². The molecule has 16 heavy (non-hydrogen) atoms. The van der Waals surface area contributed by atoms with Crippen molar-refractivity contribution in [2.24, 2.45) is 4.36 Å². The van der Waals surface area contributed by atoms with E-state index in [4.69, 9.17) is 0 Å². The fourth-order valence-corrected chi connectivity index (χ4v) is 1.79. The summed E-state index contributed by atoms with van der Waals surface area (Å²) in [6.45, 7) is 5.62. The van der Waals surface area contributed by atoms with Crippen molar-refractivity contribution in [3.05, 3.63) is 23.6 Å². The molecule has 0 fully saturated rings. The Balaban J connectivity index is 3.35. The highest BCUT2D eigenvalue weighted by Crippen LogP contribution is 2.25. The maximum Gasteiger partial charge on any atom is 0.161 e. The molecule has 0 aliphatic rings. The van der Waals surface area contributed by atoms with Gasteiger partial charge in [0.25, 0.3) is 0 Å². The largest absolute Gasteiger partial charge is 0.250 e. The standard InChI is InChI=1S/C11H17FN2OS/c1-11(2,3)10-8(12)6-7-9(13-10)14-16(4,5)15/h6-7H,1-5H3. The molecule has 0 bridgehead atoms. The van der Waals surface area contributed by atoms with Crippen LogP contribution >= 0.6 is 0 Å². The van der Waals surface area contributed by atoms with E-state index < -0.39 is 15.1 Å². The van der Waals surface area contributed by atoms with Crippen LogP contribution in [-0.4, -0.2) is 21.7 Å². The van der Waals surface area contributed by atoms with E-state index in [0.29, 0.717) is 11.5 Å². The van der Waals surface area contributed by atoms with E-state index in [-0.39, 0.29) is 5.82 Å². The normalized spacial score (nSPS) is 12.6. The molecular formula is C11H17FN2OS. The average molecular weight is 244 g/mol. The molecule has 1 aromatic rings. The first-order valence-electron chi connectivity index (χ1n) is 4.94. The number of rotatable bonds is 1. The highest BCUT2D eigenvalue weighted by atomic mass is 32.2. The highest BCUT2D eigenvalue weighted by Gasteiger charge is 2.20. The minimum Gasteiger partial charge on any atom is -0.250 e. The Morgan fingerprint density at radius 1 is 1.31 bits per heavy atom. The lowest BCUT2D eigenvalue weighted by Crippen LogP contribution is -2.15. The van der Waals surface area contributed by atoms with Crippen LogP contribution in [0.25, 0.3) is 0 Å². The third kappa shape index (κ3) is 3.56. The number of aromatic nitrogens is 1. The molecule has 0 saturated heterocycles. The lowest BCUT2D eigenvalue weighted by Gasteiger charge is -2.18. The second kappa shape index (κ2) is 4.13. The Labute approximate surface area is 96.3 Å². The number of hydrogen-bond donors (Lipinski definition) is 0. The van der Waals surface area contributed by atoms with Gasteiger partial charge >= 0.3 is 0 Å². The van der Waals surface area contributed by atoms with E-state index >= 15 is 0 Å². The molecule has 0 N–H and O–H groups in total. The predicted molar refractivity (Wildman–Crippen MR) is 65.0 cm³/mol. The van der Waals surface area contributed by atoms with Gasteiger partial charge in [-0.3, -0.25) is 0 Å². The minimum atomic E-state index is -2.26. The summed E-state index contributed by atoms with van der Waals surface area (Å²) >= 11 is 0. The van der Waals surface area contributed by atoms with Crippen molar-refractivity contribution in [2.45, 2.75) is 26.2 Å². The van der Waals surface area contributed by atoms with Crippen LogP contribution in [0.5, 0.6) is 0 Å². The summed E-state index contributed by atoms with van der Waals surface area (Å²) in [4.78, 5) is 4.11.